The van der Waals surface area contributed by atoms with Crippen molar-refractivity contribution < 1.29 is 0 Å². The highest BCUT2D eigenvalue weighted by Crippen LogP contribution is 2.25. The van der Waals surface area contributed by atoms with Crippen molar-refractivity contribution in [1.29, 1.82) is 0 Å². The number of nitrogens with one attached hydrogen (secondary N) is 1. The second-order valence-corrected chi connectivity index (χ2v) is 4.88. The van der Waals surface area contributed by atoms with Crippen molar-refractivity contribution in [2.24, 2.45) is 0 Å². The molecule has 0 aromatic heterocycles. The first kappa shape index (κ1) is 11.7. The monoisotopic (exact) mass is 238 g/mol. The minimum atomic E-state index is 0.735. The van der Waals surface area contributed by atoms with Gasteiger partial charge in [-0.05, 0) is 43.5 Å². The fourth-order valence-electron chi connectivity index (χ4n) is 1.78. The summed E-state index contributed by atoms with van der Waals surface area (Å²) in [6.45, 7) is 4.09. The van der Waals surface area contributed by atoms with Crippen molar-refractivity contribution in [1.82, 2.24) is 5.32 Å². The summed E-state index contributed by atoms with van der Waals surface area (Å²) in [5.74, 6) is 0. The Kier molecular flexibility index (Phi) is 3.72. The molecule has 2 nitrogen and oxygen atoms in total. The number of halogens is 1. The summed E-state index contributed by atoms with van der Waals surface area (Å²) in [4.78, 5) is 2.25. The maximum atomic E-state index is 6.05. The van der Waals surface area contributed by atoms with Crippen LogP contribution in [0.2, 0.25) is 5.02 Å². The molecule has 0 amide bonds. The second-order valence-electron chi connectivity index (χ2n) is 4.44. The van der Waals surface area contributed by atoms with Crippen molar-refractivity contribution in [2.45, 2.75) is 32.4 Å². The summed E-state index contributed by atoms with van der Waals surface area (Å²) < 4.78 is 0. The van der Waals surface area contributed by atoms with Crippen LogP contribution in [0.1, 0.15) is 25.3 Å². The molecule has 0 aliphatic heterocycles. The van der Waals surface area contributed by atoms with Gasteiger partial charge in [0.05, 0.1) is 0 Å². The molecule has 1 aliphatic rings. The fourth-order valence-corrected chi connectivity index (χ4v) is 1.97. The van der Waals surface area contributed by atoms with Crippen LogP contribution >= 0.6 is 11.6 Å². The van der Waals surface area contributed by atoms with E-state index < -0.39 is 0 Å². The number of anilines is 1. The Balaban J connectivity index is 2.13. The quantitative estimate of drug-likeness (QED) is 0.848. The largest absolute Gasteiger partial charge is 0.375 e. The molecule has 0 unspecified atom stereocenters. The zero-order valence-electron chi connectivity index (χ0n) is 9.96. The molecule has 1 N–H and O–H groups in total. The van der Waals surface area contributed by atoms with E-state index in [4.69, 9.17) is 11.6 Å². The van der Waals surface area contributed by atoms with E-state index >= 15 is 0 Å². The lowest BCUT2D eigenvalue weighted by Gasteiger charge is -2.21. The first-order chi connectivity index (χ1) is 7.70. The van der Waals surface area contributed by atoms with Gasteiger partial charge in [-0.15, -0.1) is 0 Å². The highest BCUT2D eigenvalue weighted by atomic mass is 35.5. The molecule has 0 saturated heterocycles. The van der Waals surface area contributed by atoms with Crippen molar-refractivity contribution in [2.75, 3.05) is 18.5 Å². The van der Waals surface area contributed by atoms with Crippen LogP contribution in [-0.2, 0) is 6.54 Å². The molecule has 1 fully saturated rings. The molecule has 0 radical (unpaired) electrons. The van der Waals surface area contributed by atoms with Crippen LogP contribution in [-0.4, -0.2) is 19.6 Å². The molecule has 88 valence electrons. The van der Waals surface area contributed by atoms with Crippen molar-refractivity contribution >= 4 is 17.3 Å². The molecule has 0 heterocycles. The van der Waals surface area contributed by atoms with E-state index in [1.54, 1.807) is 0 Å². The summed E-state index contributed by atoms with van der Waals surface area (Å²) in [6, 6.07) is 6.87. The number of hydrogen-bond donors (Lipinski definition) is 1. The lowest BCUT2D eigenvalue weighted by Crippen LogP contribution is -2.21. The van der Waals surface area contributed by atoms with Crippen LogP contribution in [0.3, 0.4) is 0 Å². The van der Waals surface area contributed by atoms with Gasteiger partial charge < -0.3 is 10.2 Å². The van der Waals surface area contributed by atoms with Gasteiger partial charge in [0, 0.05) is 36.9 Å². The van der Waals surface area contributed by atoms with Gasteiger partial charge in [0.15, 0.2) is 0 Å². The smallest absolute Gasteiger partial charge is 0.0410 e. The number of nitrogens with zero attached hydrogens (tertiary/aromatic N) is 1. The Hall–Kier alpha value is -0.730. The minimum Gasteiger partial charge on any atom is -0.375 e. The fraction of sp³-hybridized carbons (Fsp3) is 0.538. The normalized spacial score (nSPS) is 15.2. The maximum absolute atomic E-state index is 6.05. The minimum absolute atomic E-state index is 0.735. The molecule has 1 aromatic carbocycles. The van der Waals surface area contributed by atoms with Crippen molar-refractivity contribution in [3.63, 3.8) is 0 Å². The molecule has 2 rings (SSSR count). The van der Waals surface area contributed by atoms with E-state index in [1.165, 1.54) is 24.1 Å². The highest BCUT2D eigenvalue weighted by molar-refractivity contribution is 6.30. The number of hydrogen-bond acceptors (Lipinski definition) is 2. The SMILES string of the molecule is CCN(C)c1ccc(Cl)cc1CNC1CC1. The van der Waals surface area contributed by atoms with Gasteiger partial charge in [-0.2, -0.15) is 0 Å². The molecule has 3 heteroatoms. The standard InChI is InChI=1S/C13H19ClN2/c1-3-16(2)13-7-4-11(14)8-10(13)9-15-12-5-6-12/h4,7-8,12,15H,3,5-6,9H2,1-2H3. The van der Waals surface area contributed by atoms with E-state index in [1.807, 2.05) is 6.07 Å². The van der Waals surface area contributed by atoms with Gasteiger partial charge >= 0.3 is 0 Å². The summed E-state index contributed by atoms with van der Waals surface area (Å²) in [7, 11) is 2.11. The van der Waals surface area contributed by atoms with Gasteiger partial charge in [0.1, 0.15) is 0 Å². The number of benzene rings is 1. The van der Waals surface area contributed by atoms with Crippen LogP contribution in [0.4, 0.5) is 5.69 Å². The summed E-state index contributed by atoms with van der Waals surface area (Å²) in [6.07, 6.45) is 2.64. The lowest BCUT2D eigenvalue weighted by atomic mass is 10.1. The molecule has 0 spiro atoms. The Morgan fingerprint density at radius 1 is 1.44 bits per heavy atom. The first-order valence-electron chi connectivity index (χ1n) is 5.93. The van der Waals surface area contributed by atoms with Gasteiger partial charge in [-0.3, -0.25) is 0 Å². The third-order valence-corrected chi connectivity index (χ3v) is 3.32. The van der Waals surface area contributed by atoms with E-state index in [0.29, 0.717) is 0 Å². The Morgan fingerprint density at radius 3 is 2.81 bits per heavy atom. The topological polar surface area (TPSA) is 15.3 Å². The van der Waals surface area contributed by atoms with Gasteiger partial charge in [-0.1, -0.05) is 11.6 Å². The second kappa shape index (κ2) is 5.07. The molecule has 1 saturated carbocycles. The molecule has 16 heavy (non-hydrogen) atoms. The van der Waals surface area contributed by atoms with Gasteiger partial charge in [-0.25, -0.2) is 0 Å². The van der Waals surface area contributed by atoms with E-state index in [0.717, 1.165) is 24.2 Å². The highest BCUT2D eigenvalue weighted by Gasteiger charge is 2.20. The van der Waals surface area contributed by atoms with Crippen LogP contribution in [0.15, 0.2) is 18.2 Å². The molecule has 0 atom stereocenters. The van der Waals surface area contributed by atoms with Gasteiger partial charge in [0.2, 0.25) is 0 Å². The maximum Gasteiger partial charge on any atom is 0.0410 e. The first-order valence-corrected chi connectivity index (χ1v) is 6.31. The van der Waals surface area contributed by atoms with Crippen molar-refractivity contribution in [3.8, 4) is 0 Å². The average Bonchev–Trinajstić information content (AvgIpc) is 3.09. The van der Waals surface area contributed by atoms with E-state index in [9.17, 15) is 0 Å². The molecular formula is C13H19ClN2. The Morgan fingerprint density at radius 2 is 2.19 bits per heavy atom. The molecule has 1 aliphatic carbocycles. The van der Waals surface area contributed by atoms with E-state index in [2.05, 4.69) is 36.3 Å². The van der Waals surface area contributed by atoms with Crippen LogP contribution in [0.5, 0.6) is 0 Å². The van der Waals surface area contributed by atoms with Crippen LogP contribution in [0, 0.1) is 0 Å². The third-order valence-electron chi connectivity index (χ3n) is 3.09. The average molecular weight is 239 g/mol. The molecule has 0 bridgehead atoms. The zero-order valence-corrected chi connectivity index (χ0v) is 10.7. The van der Waals surface area contributed by atoms with Crippen LogP contribution in [0.25, 0.3) is 0 Å². The van der Waals surface area contributed by atoms with Gasteiger partial charge in [0.25, 0.3) is 0 Å². The number of rotatable bonds is 5. The Bertz CT molecular complexity index is 361. The van der Waals surface area contributed by atoms with Crippen LogP contribution < -0.4 is 10.2 Å². The van der Waals surface area contributed by atoms with Crippen molar-refractivity contribution in [3.05, 3.63) is 28.8 Å². The zero-order chi connectivity index (χ0) is 11.5. The Labute approximate surface area is 103 Å². The summed E-state index contributed by atoms with van der Waals surface area (Å²) in [5.41, 5.74) is 2.57. The third kappa shape index (κ3) is 2.89. The summed E-state index contributed by atoms with van der Waals surface area (Å²) >= 11 is 6.05. The predicted molar refractivity (Wildman–Crippen MR) is 70.3 cm³/mol. The summed E-state index contributed by atoms with van der Waals surface area (Å²) in [5, 5.41) is 4.35. The van der Waals surface area contributed by atoms with E-state index in [-0.39, 0.29) is 0 Å². The predicted octanol–water partition coefficient (Wildman–Crippen LogP) is 3.05. The molecule has 1 aromatic rings. The molecular weight excluding hydrogens is 220 g/mol. The lowest BCUT2D eigenvalue weighted by molar-refractivity contribution is 0.686.